The highest BCUT2D eigenvalue weighted by Crippen LogP contribution is 2.30. The Morgan fingerprint density at radius 2 is 1.70 bits per heavy atom. The molecule has 0 saturated heterocycles. The van der Waals surface area contributed by atoms with Crippen LogP contribution in [0, 0.1) is 5.82 Å². The molecule has 2 rings (SSSR count). The van der Waals surface area contributed by atoms with E-state index >= 15 is 0 Å². The van der Waals surface area contributed by atoms with Crippen LogP contribution in [0.3, 0.4) is 0 Å². The van der Waals surface area contributed by atoms with Crippen LogP contribution in [0.2, 0.25) is 0 Å². The Morgan fingerprint density at radius 1 is 1.04 bits per heavy atom. The lowest BCUT2D eigenvalue weighted by Gasteiger charge is -2.19. The minimum Gasteiger partial charge on any atom is -0.497 e. The maximum Gasteiger partial charge on any atom is 0.246 e. The number of sulfonamides is 1. The minimum absolute atomic E-state index is 0.0176. The van der Waals surface area contributed by atoms with E-state index in [2.05, 4.69) is 0 Å². The highest BCUT2D eigenvalue weighted by molar-refractivity contribution is 7.89. The molecule has 2 aromatic carbocycles. The van der Waals surface area contributed by atoms with Gasteiger partial charge in [0.25, 0.3) is 0 Å². The third kappa shape index (κ3) is 3.80. The Balaban J connectivity index is 2.35. The maximum absolute atomic E-state index is 12.9. The number of hydrogen-bond donors (Lipinski definition) is 0. The summed E-state index contributed by atoms with van der Waals surface area (Å²) in [7, 11) is 0.530. The molecule has 0 fully saturated rings. The third-order valence-electron chi connectivity index (χ3n) is 3.38. The first-order chi connectivity index (χ1) is 10.9. The standard InChI is InChI=1S/C16H18FNO4S/c1-18(11-12-4-6-13(17)7-5-12)23(19,20)16-10-14(21-2)8-9-15(16)22-3/h4-10H,11H2,1-3H3. The third-order valence-corrected chi connectivity index (χ3v) is 5.20. The second kappa shape index (κ2) is 6.97. The van der Waals surface area contributed by atoms with Crippen molar-refractivity contribution in [3.05, 3.63) is 53.8 Å². The quantitative estimate of drug-likeness (QED) is 0.812. The molecule has 0 heterocycles. The summed E-state index contributed by atoms with van der Waals surface area (Å²) in [5, 5.41) is 0. The van der Waals surface area contributed by atoms with E-state index in [4.69, 9.17) is 9.47 Å². The second-order valence-electron chi connectivity index (χ2n) is 4.90. The molecule has 0 N–H and O–H groups in total. The minimum atomic E-state index is -3.79. The van der Waals surface area contributed by atoms with Gasteiger partial charge in [-0.05, 0) is 29.8 Å². The first-order valence-corrected chi connectivity index (χ1v) is 8.25. The van der Waals surface area contributed by atoms with Gasteiger partial charge in [0, 0.05) is 19.7 Å². The summed E-state index contributed by atoms with van der Waals surface area (Å²) in [5.74, 6) is 0.282. The summed E-state index contributed by atoms with van der Waals surface area (Å²) >= 11 is 0. The van der Waals surface area contributed by atoms with Crippen molar-refractivity contribution in [1.29, 1.82) is 0 Å². The first kappa shape index (κ1) is 17.2. The normalized spacial score (nSPS) is 11.5. The van der Waals surface area contributed by atoms with E-state index in [1.165, 1.54) is 49.8 Å². The van der Waals surface area contributed by atoms with Crippen molar-refractivity contribution < 1.29 is 22.3 Å². The number of ether oxygens (including phenoxy) is 2. The average molecular weight is 339 g/mol. The Hall–Kier alpha value is -2.12. The second-order valence-corrected chi connectivity index (χ2v) is 6.92. The van der Waals surface area contributed by atoms with Crippen LogP contribution in [-0.4, -0.2) is 34.0 Å². The zero-order valence-corrected chi connectivity index (χ0v) is 13.9. The van der Waals surface area contributed by atoms with E-state index in [0.29, 0.717) is 11.3 Å². The van der Waals surface area contributed by atoms with Crippen LogP contribution < -0.4 is 9.47 Å². The van der Waals surface area contributed by atoms with Crippen molar-refractivity contribution in [2.45, 2.75) is 11.4 Å². The lowest BCUT2D eigenvalue weighted by molar-refractivity contribution is 0.388. The fraction of sp³-hybridized carbons (Fsp3) is 0.250. The van der Waals surface area contributed by atoms with Gasteiger partial charge in [-0.1, -0.05) is 12.1 Å². The summed E-state index contributed by atoms with van der Waals surface area (Å²) in [6.45, 7) is 0.114. The Bertz CT molecular complexity index is 775. The highest BCUT2D eigenvalue weighted by atomic mass is 32.2. The molecule has 23 heavy (non-hydrogen) atoms. The number of halogens is 1. The molecule has 0 unspecified atom stereocenters. The molecule has 0 aliphatic rings. The Kier molecular flexibility index (Phi) is 5.23. The molecule has 2 aromatic rings. The summed E-state index contributed by atoms with van der Waals surface area (Å²) in [5.41, 5.74) is 0.680. The van der Waals surface area contributed by atoms with E-state index in [1.807, 2.05) is 0 Å². The molecule has 0 atom stereocenters. The van der Waals surface area contributed by atoms with Crippen molar-refractivity contribution in [2.24, 2.45) is 0 Å². The SMILES string of the molecule is COc1ccc(OC)c(S(=O)(=O)N(C)Cc2ccc(F)cc2)c1. The molecule has 0 aliphatic carbocycles. The molecule has 124 valence electrons. The molecule has 0 spiro atoms. The largest absolute Gasteiger partial charge is 0.497 e. The van der Waals surface area contributed by atoms with Crippen molar-refractivity contribution in [3.63, 3.8) is 0 Å². The van der Waals surface area contributed by atoms with E-state index in [9.17, 15) is 12.8 Å². The van der Waals surface area contributed by atoms with E-state index in [-0.39, 0.29) is 23.0 Å². The van der Waals surface area contributed by atoms with Crippen molar-refractivity contribution in [3.8, 4) is 11.5 Å². The zero-order chi connectivity index (χ0) is 17.0. The summed E-state index contributed by atoms with van der Waals surface area (Å²) in [6, 6.07) is 10.3. The molecule has 0 radical (unpaired) electrons. The van der Waals surface area contributed by atoms with Crippen molar-refractivity contribution in [2.75, 3.05) is 21.3 Å². The topological polar surface area (TPSA) is 55.8 Å². The van der Waals surface area contributed by atoms with E-state index < -0.39 is 10.0 Å². The lowest BCUT2D eigenvalue weighted by Crippen LogP contribution is -2.27. The molecule has 0 bridgehead atoms. The van der Waals surface area contributed by atoms with Crippen LogP contribution in [0.5, 0.6) is 11.5 Å². The van der Waals surface area contributed by atoms with Crippen molar-refractivity contribution in [1.82, 2.24) is 4.31 Å². The van der Waals surface area contributed by atoms with Gasteiger partial charge in [-0.15, -0.1) is 0 Å². The molecule has 0 saturated carbocycles. The van der Waals surface area contributed by atoms with Gasteiger partial charge in [-0.3, -0.25) is 0 Å². The van der Waals surface area contributed by atoms with Crippen LogP contribution in [0.15, 0.2) is 47.4 Å². The smallest absolute Gasteiger partial charge is 0.246 e. The van der Waals surface area contributed by atoms with Gasteiger partial charge in [0.05, 0.1) is 14.2 Å². The molecule has 0 amide bonds. The van der Waals surface area contributed by atoms with Crippen LogP contribution in [0.1, 0.15) is 5.56 Å². The van der Waals surface area contributed by atoms with Gasteiger partial charge in [0.15, 0.2) is 0 Å². The van der Waals surface area contributed by atoms with Gasteiger partial charge < -0.3 is 9.47 Å². The average Bonchev–Trinajstić information content (AvgIpc) is 2.56. The number of methoxy groups -OCH3 is 2. The molecule has 0 aliphatic heterocycles. The van der Waals surface area contributed by atoms with Gasteiger partial charge >= 0.3 is 0 Å². The van der Waals surface area contributed by atoms with Gasteiger partial charge in [0.1, 0.15) is 22.2 Å². The van der Waals surface area contributed by atoms with Gasteiger partial charge in [0.2, 0.25) is 10.0 Å². The number of hydrogen-bond acceptors (Lipinski definition) is 4. The van der Waals surface area contributed by atoms with Crippen LogP contribution in [-0.2, 0) is 16.6 Å². The van der Waals surface area contributed by atoms with Crippen LogP contribution >= 0.6 is 0 Å². The van der Waals surface area contributed by atoms with Crippen LogP contribution in [0.25, 0.3) is 0 Å². The lowest BCUT2D eigenvalue weighted by atomic mass is 10.2. The Labute approximate surface area is 135 Å². The summed E-state index contributed by atoms with van der Waals surface area (Å²) in [4.78, 5) is 0.0176. The zero-order valence-electron chi connectivity index (χ0n) is 13.1. The van der Waals surface area contributed by atoms with Crippen molar-refractivity contribution >= 4 is 10.0 Å². The predicted octanol–water partition coefficient (Wildman–Crippen LogP) is 2.66. The molecular formula is C16H18FNO4S. The molecule has 0 aromatic heterocycles. The summed E-state index contributed by atoms with van der Waals surface area (Å²) in [6.07, 6.45) is 0. The van der Waals surface area contributed by atoms with E-state index in [0.717, 1.165) is 0 Å². The summed E-state index contributed by atoms with van der Waals surface area (Å²) < 4.78 is 49.9. The van der Waals surface area contributed by atoms with Crippen LogP contribution in [0.4, 0.5) is 4.39 Å². The highest BCUT2D eigenvalue weighted by Gasteiger charge is 2.25. The van der Waals surface area contributed by atoms with Gasteiger partial charge in [-0.25, -0.2) is 12.8 Å². The fourth-order valence-corrected chi connectivity index (χ4v) is 3.41. The molecule has 7 heteroatoms. The van der Waals surface area contributed by atoms with Gasteiger partial charge in [-0.2, -0.15) is 4.31 Å². The molecule has 5 nitrogen and oxygen atoms in total. The number of benzene rings is 2. The Morgan fingerprint density at radius 3 is 2.26 bits per heavy atom. The first-order valence-electron chi connectivity index (χ1n) is 6.81. The molecular weight excluding hydrogens is 321 g/mol. The number of rotatable bonds is 6. The van der Waals surface area contributed by atoms with E-state index in [1.54, 1.807) is 18.2 Å². The monoisotopic (exact) mass is 339 g/mol. The predicted molar refractivity (Wildman–Crippen MR) is 84.6 cm³/mol. The number of nitrogens with zero attached hydrogens (tertiary/aromatic N) is 1. The fourth-order valence-electron chi connectivity index (χ4n) is 2.09. The maximum atomic E-state index is 12.9.